The van der Waals surface area contributed by atoms with Crippen molar-refractivity contribution in [2.45, 2.75) is 26.5 Å². The average Bonchev–Trinajstić information content (AvgIpc) is 3.19. The SMILES string of the molecule is Cc1ccc(NC(=O)c2nnc(COCC(=O)N[C@@H](C)c3ccccc3)s2)cc1. The highest BCUT2D eigenvalue weighted by Gasteiger charge is 2.14. The highest BCUT2D eigenvalue weighted by atomic mass is 32.1. The quantitative estimate of drug-likeness (QED) is 0.593. The number of carbonyl (C=O) groups excluding carboxylic acids is 2. The van der Waals surface area contributed by atoms with Crippen LogP contribution in [0.2, 0.25) is 0 Å². The van der Waals surface area contributed by atoms with E-state index in [9.17, 15) is 9.59 Å². The maximum atomic E-state index is 12.2. The summed E-state index contributed by atoms with van der Waals surface area (Å²) in [5, 5.41) is 14.3. The van der Waals surface area contributed by atoms with Crippen LogP contribution in [0.4, 0.5) is 5.69 Å². The Labute approximate surface area is 173 Å². The van der Waals surface area contributed by atoms with Crippen molar-refractivity contribution in [2.75, 3.05) is 11.9 Å². The van der Waals surface area contributed by atoms with Gasteiger partial charge in [0.15, 0.2) is 0 Å². The van der Waals surface area contributed by atoms with Crippen molar-refractivity contribution in [3.05, 3.63) is 75.7 Å². The molecule has 2 N–H and O–H groups in total. The molecule has 0 spiro atoms. The number of hydrogen-bond donors (Lipinski definition) is 2. The summed E-state index contributed by atoms with van der Waals surface area (Å²) in [5.41, 5.74) is 2.83. The highest BCUT2D eigenvalue weighted by molar-refractivity contribution is 7.13. The molecule has 1 heterocycles. The number of carbonyl (C=O) groups is 2. The first kappa shape index (κ1) is 20.6. The number of nitrogens with zero attached hydrogens (tertiary/aromatic N) is 2. The third-order valence-electron chi connectivity index (χ3n) is 4.11. The molecule has 150 valence electrons. The summed E-state index contributed by atoms with van der Waals surface area (Å²) in [7, 11) is 0. The van der Waals surface area contributed by atoms with Crippen LogP contribution in [0.25, 0.3) is 0 Å². The van der Waals surface area contributed by atoms with E-state index in [1.807, 2.05) is 68.4 Å². The van der Waals surface area contributed by atoms with Crippen molar-refractivity contribution in [3.63, 3.8) is 0 Å². The van der Waals surface area contributed by atoms with E-state index in [-0.39, 0.29) is 36.1 Å². The summed E-state index contributed by atoms with van der Waals surface area (Å²) in [6.07, 6.45) is 0. The molecule has 0 unspecified atom stereocenters. The Hall–Kier alpha value is -3.10. The number of ether oxygens (including phenoxy) is 1. The summed E-state index contributed by atoms with van der Waals surface area (Å²) in [5.74, 6) is -0.546. The van der Waals surface area contributed by atoms with E-state index in [1.165, 1.54) is 0 Å². The zero-order chi connectivity index (χ0) is 20.6. The van der Waals surface area contributed by atoms with Crippen LogP contribution in [0.1, 0.15) is 38.9 Å². The molecule has 2 amide bonds. The number of hydrogen-bond acceptors (Lipinski definition) is 6. The summed E-state index contributed by atoms with van der Waals surface area (Å²) < 4.78 is 5.41. The number of rotatable bonds is 8. The molecule has 8 heteroatoms. The summed E-state index contributed by atoms with van der Waals surface area (Å²) in [6, 6.07) is 17.1. The normalized spacial score (nSPS) is 11.7. The zero-order valence-corrected chi connectivity index (χ0v) is 17.0. The lowest BCUT2D eigenvalue weighted by Crippen LogP contribution is -2.30. The van der Waals surface area contributed by atoms with Crippen molar-refractivity contribution >= 4 is 28.8 Å². The van der Waals surface area contributed by atoms with E-state index in [4.69, 9.17) is 4.74 Å². The van der Waals surface area contributed by atoms with Gasteiger partial charge in [-0.1, -0.05) is 59.4 Å². The van der Waals surface area contributed by atoms with Gasteiger partial charge in [-0.15, -0.1) is 10.2 Å². The highest BCUT2D eigenvalue weighted by Crippen LogP contribution is 2.15. The maximum Gasteiger partial charge on any atom is 0.286 e. The molecule has 3 aromatic rings. The van der Waals surface area contributed by atoms with Gasteiger partial charge in [0.25, 0.3) is 5.91 Å². The molecule has 0 aliphatic carbocycles. The van der Waals surface area contributed by atoms with E-state index in [1.54, 1.807) is 0 Å². The Morgan fingerprint density at radius 1 is 1.07 bits per heavy atom. The van der Waals surface area contributed by atoms with Crippen molar-refractivity contribution in [1.82, 2.24) is 15.5 Å². The second-order valence-corrected chi connectivity index (χ2v) is 7.58. The lowest BCUT2D eigenvalue weighted by Gasteiger charge is -2.14. The van der Waals surface area contributed by atoms with Gasteiger partial charge in [-0.05, 0) is 31.5 Å². The Kier molecular flexibility index (Phi) is 7.04. The van der Waals surface area contributed by atoms with E-state index < -0.39 is 0 Å². The molecule has 1 aromatic heterocycles. The van der Waals surface area contributed by atoms with Gasteiger partial charge in [0.05, 0.1) is 6.04 Å². The smallest absolute Gasteiger partial charge is 0.286 e. The summed E-state index contributed by atoms with van der Waals surface area (Å²) >= 11 is 1.13. The first-order valence-corrected chi connectivity index (χ1v) is 9.95. The molecule has 7 nitrogen and oxygen atoms in total. The largest absolute Gasteiger partial charge is 0.364 e. The number of amides is 2. The minimum absolute atomic E-state index is 0.0956. The molecule has 0 fully saturated rings. The van der Waals surface area contributed by atoms with Gasteiger partial charge in [0.1, 0.15) is 18.2 Å². The fraction of sp³-hybridized carbons (Fsp3) is 0.238. The van der Waals surface area contributed by atoms with Crippen molar-refractivity contribution in [3.8, 4) is 0 Å². The molecule has 29 heavy (non-hydrogen) atoms. The fourth-order valence-corrected chi connectivity index (χ4v) is 3.24. The van der Waals surface area contributed by atoms with E-state index in [2.05, 4.69) is 20.8 Å². The zero-order valence-electron chi connectivity index (χ0n) is 16.2. The fourth-order valence-electron chi connectivity index (χ4n) is 2.56. The molecule has 0 saturated carbocycles. The monoisotopic (exact) mass is 410 g/mol. The first-order valence-electron chi connectivity index (χ1n) is 9.13. The van der Waals surface area contributed by atoms with E-state index >= 15 is 0 Å². The number of aromatic nitrogens is 2. The van der Waals surface area contributed by atoms with E-state index in [0.717, 1.165) is 22.5 Å². The minimum atomic E-state index is -0.327. The van der Waals surface area contributed by atoms with Gasteiger partial charge < -0.3 is 15.4 Å². The van der Waals surface area contributed by atoms with Crippen LogP contribution < -0.4 is 10.6 Å². The van der Waals surface area contributed by atoms with E-state index in [0.29, 0.717) is 10.7 Å². The summed E-state index contributed by atoms with van der Waals surface area (Å²) in [6.45, 7) is 3.91. The molecule has 0 aliphatic rings. The lowest BCUT2D eigenvalue weighted by atomic mass is 10.1. The standard InChI is InChI=1S/C21H22N4O3S/c1-14-8-10-17(11-9-14)23-20(27)21-25-24-19(29-21)13-28-12-18(26)22-15(2)16-6-4-3-5-7-16/h3-11,15H,12-13H2,1-2H3,(H,22,26)(H,23,27)/t15-/m0/s1. The third kappa shape index (κ3) is 6.20. The van der Waals surface area contributed by atoms with Crippen molar-refractivity contribution < 1.29 is 14.3 Å². The Morgan fingerprint density at radius 2 is 1.79 bits per heavy atom. The second-order valence-electron chi connectivity index (χ2n) is 6.51. The Balaban J connectivity index is 1.43. The van der Waals surface area contributed by atoms with Crippen molar-refractivity contribution in [1.29, 1.82) is 0 Å². The third-order valence-corrected chi connectivity index (χ3v) is 5.00. The second kappa shape index (κ2) is 9.90. The molecular formula is C21H22N4O3S. The Bertz CT molecular complexity index is 958. The topological polar surface area (TPSA) is 93.2 Å². The van der Waals surface area contributed by atoms with Gasteiger partial charge in [-0.25, -0.2) is 0 Å². The number of benzene rings is 2. The molecule has 0 aliphatic heterocycles. The molecule has 2 aromatic carbocycles. The predicted molar refractivity (Wildman–Crippen MR) is 112 cm³/mol. The van der Waals surface area contributed by atoms with Crippen LogP contribution in [0.15, 0.2) is 54.6 Å². The summed E-state index contributed by atoms with van der Waals surface area (Å²) in [4.78, 5) is 24.3. The van der Waals surface area contributed by atoms with Gasteiger partial charge >= 0.3 is 0 Å². The van der Waals surface area contributed by atoms with Crippen LogP contribution in [-0.2, 0) is 16.1 Å². The number of nitrogens with one attached hydrogen (secondary N) is 2. The molecular weight excluding hydrogens is 388 g/mol. The van der Waals surface area contributed by atoms with Crippen LogP contribution in [-0.4, -0.2) is 28.6 Å². The van der Waals surface area contributed by atoms with Crippen LogP contribution in [0.5, 0.6) is 0 Å². The van der Waals surface area contributed by atoms with Crippen LogP contribution >= 0.6 is 11.3 Å². The predicted octanol–water partition coefficient (Wildman–Crippen LogP) is 3.49. The average molecular weight is 410 g/mol. The number of anilines is 1. The van der Waals surface area contributed by atoms with Crippen LogP contribution in [0.3, 0.4) is 0 Å². The van der Waals surface area contributed by atoms with Gasteiger partial charge in [0, 0.05) is 5.69 Å². The molecule has 3 rings (SSSR count). The van der Waals surface area contributed by atoms with Gasteiger partial charge in [-0.2, -0.15) is 0 Å². The number of aryl methyl sites for hydroxylation is 1. The van der Waals surface area contributed by atoms with Gasteiger partial charge in [-0.3, -0.25) is 9.59 Å². The van der Waals surface area contributed by atoms with Crippen LogP contribution in [0, 0.1) is 6.92 Å². The first-order chi connectivity index (χ1) is 14.0. The van der Waals surface area contributed by atoms with Crippen molar-refractivity contribution in [2.24, 2.45) is 0 Å². The molecule has 0 radical (unpaired) electrons. The maximum absolute atomic E-state index is 12.2. The molecule has 1 atom stereocenters. The Morgan fingerprint density at radius 3 is 2.52 bits per heavy atom. The molecule has 0 bridgehead atoms. The van der Waals surface area contributed by atoms with Gasteiger partial charge in [0.2, 0.25) is 10.9 Å². The molecule has 0 saturated heterocycles. The lowest BCUT2D eigenvalue weighted by molar-refractivity contribution is -0.126. The minimum Gasteiger partial charge on any atom is -0.364 e.